The Kier molecular flexibility index (Phi) is 6.59. The highest BCUT2D eigenvalue weighted by Gasteiger charge is 2.17. The van der Waals surface area contributed by atoms with E-state index < -0.39 is 15.6 Å². The number of aliphatic hydroxyl groups excluding tert-OH is 1. The van der Waals surface area contributed by atoms with Crippen LogP contribution in [0.15, 0.2) is 76.3 Å². The van der Waals surface area contributed by atoms with Crippen LogP contribution >= 0.6 is 0 Å². The molecule has 32 heavy (non-hydrogen) atoms. The van der Waals surface area contributed by atoms with Gasteiger partial charge < -0.3 is 14.8 Å². The van der Waals surface area contributed by atoms with Gasteiger partial charge in [0.25, 0.3) is 5.89 Å². The summed E-state index contributed by atoms with van der Waals surface area (Å²) in [7, 11) is -3.40. The van der Waals surface area contributed by atoms with E-state index in [1.165, 1.54) is 18.2 Å². The number of nitrogens with zero attached hydrogens (tertiary/aromatic N) is 2. The second kappa shape index (κ2) is 9.19. The van der Waals surface area contributed by atoms with Crippen LogP contribution in [0.25, 0.3) is 17.2 Å². The molecular formula is C23H24N4O4S. The van der Waals surface area contributed by atoms with Crippen LogP contribution in [0.4, 0.5) is 5.69 Å². The maximum absolute atomic E-state index is 11.9. The Hall–Kier alpha value is -3.72. The van der Waals surface area contributed by atoms with Gasteiger partial charge in [-0.15, -0.1) is 10.2 Å². The Morgan fingerprint density at radius 1 is 1.19 bits per heavy atom. The molecule has 0 aliphatic carbocycles. The van der Waals surface area contributed by atoms with Crippen LogP contribution in [0.5, 0.6) is 0 Å². The number of sulfone groups is 1. The molecule has 0 fully saturated rings. The molecule has 1 heterocycles. The first kappa shape index (κ1) is 23.0. The minimum absolute atomic E-state index is 0.0642. The van der Waals surface area contributed by atoms with Crippen LogP contribution in [-0.4, -0.2) is 35.7 Å². The molecule has 3 aromatic rings. The Morgan fingerprint density at radius 2 is 1.91 bits per heavy atom. The lowest BCUT2D eigenvalue weighted by Crippen LogP contribution is -2.06. The summed E-state index contributed by atoms with van der Waals surface area (Å²) in [5, 5.41) is 28.9. The van der Waals surface area contributed by atoms with Crippen molar-refractivity contribution in [3.63, 3.8) is 0 Å². The summed E-state index contributed by atoms with van der Waals surface area (Å²) >= 11 is 0. The second-order valence-electron chi connectivity index (χ2n) is 7.50. The summed E-state index contributed by atoms with van der Waals surface area (Å²) in [5.74, 6) is -0.00903. The first-order valence-electron chi connectivity index (χ1n) is 9.75. The minimum Gasteiger partial charge on any atom is -0.506 e. The maximum atomic E-state index is 11.9. The highest BCUT2D eigenvalue weighted by Crippen LogP contribution is 2.29. The van der Waals surface area contributed by atoms with Gasteiger partial charge in [-0.3, -0.25) is 5.41 Å². The van der Waals surface area contributed by atoms with E-state index >= 15 is 0 Å². The van der Waals surface area contributed by atoms with Gasteiger partial charge >= 0.3 is 0 Å². The van der Waals surface area contributed by atoms with E-state index in [2.05, 4.69) is 35.9 Å². The van der Waals surface area contributed by atoms with Crippen LogP contribution in [0.2, 0.25) is 0 Å². The average molecular weight is 453 g/mol. The SMILES string of the molecule is C=C(O)C(=N)/C=C(\Nc1ccccc1C(C)C)c1nnc(-c2cccc(S(C)(=O)=O)c2)o1. The van der Waals surface area contributed by atoms with E-state index in [1.54, 1.807) is 12.1 Å². The van der Waals surface area contributed by atoms with Crippen molar-refractivity contribution in [2.45, 2.75) is 24.7 Å². The Labute approximate surface area is 186 Å². The second-order valence-corrected chi connectivity index (χ2v) is 9.51. The van der Waals surface area contributed by atoms with Crippen molar-refractivity contribution in [3.05, 3.63) is 78.4 Å². The molecule has 0 aliphatic rings. The summed E-state index contributed by atoms with van der Waals surface area (Å²) < 4.78 is 29.5. The number of nitrogens with one attached hydrogen (secondary N) is 2. The van der Waals surface area contributed by atoms with E-state index in [1.807, 2.05) is 24.3 Å². The van der Waals surface area contributed by atoms with Gasteiger partial charge in [-0.25, -0.2) is 8.42 Å². The van der Waals surface area contributed by atoms with Crippen LogP contribution in [0, 0.1) is 5.41 Å². The van der Waals surface area contributed by atoms with Gasteiger partial charge in [0.1, 0.15) is 11.5 Å². The zero-order chi connectivity index (χ0) is 23.5. The fourth-order valence-electron chi connectivity index (χ4n) is 2.95. The number of hydrogen-bond donors (Lipinski definition) is 3. The number of allylic oxidation sites excluding steroid dienone is 1. The van der Waals surface area contributed by atoms with Crippen LogP contribution in [0.3, 0.4) is 0 Å². The molecule has 9 heteroatoms. The van der Waals surface area contributed by atoms with Crippen molar-refractivity contribution in [2.75, 3.05) is 11.6 Å². The van der Waals surface area contributed by atoms with Gasteiger partial charge in [-0.2, -0.15) is 0 Å². The van der Waals surface area contributed by atoms with Gasteiger partial charge in [0.05, 0.1) is 10.6 Å². The largest absolute Gasteiger partial charge is 0.506 e. The Morgan fingerprint density at radius 3 is 2.56 bits per heavy atom. The topological polar surface area (TPSA) is 129 Å². The first-order chi connectivity index (χ1) is 15.1. The average Bonchev–Trinajstić information content (AvgIpc) is 3.23. The zero-order valence-corrected chi connectivity index (χ0v) is 18.8. The molecule has 0 spiro atoms. The van der Waals surface area contributed by atoms with Gasteiger partial charge in [0.15, 0.2) is 9.84 Å². The minimum atomic E-state index is -3.40. The molecule has 1 aromatic heterocycles. The lowest BCUT2D eigenvalue weighted by molar-refractivity contribution is 0.446. The lowest BCUT2D eigenvalue weighted by atomic mass is 10.0. The van der Waals surface area contributed by atoms with E-state index in [-0.39, 0.29) is 34.0 Å². The summed E-state index contributed by atoms with van der Waals surface area (Å²) in [6.07, 6.45) is 2.46. The normalized spacial score (nSPS) is 12.1. The monoisotopic (exact) mass is 452 g/mol. The van der Waals surface area contributed by atoms with E-state index in [0.29, 0.717) is 5.56 Å². The molecule has 0 bridgehead atoms. The van der Waals surface area contributed by atoms with E-state index in [0.717, 1.165) is 17.5 Å². The fraction of sp³-hybridized carbons (Fsp3) is 0.174. The molecule has 166 valence electrons. The van der Waals surface area contributed by atoms with Crippen LogP contribution in [-0.2, 0) is 9.84 Å². The number of aliphatic hydroxyl groups is 1. The number of hydrogen-bond acceptors (Lipinski definition) is 8. The summed E-state index contributed by atoms with van der Waals surface area (Å²) in [4.78, 5) is 0.132. The number of para-hydroxylation sites is 1. The predicted molar refractivity (Wildman–Crippen MR) is 124 cm³/mol. The molecule has 0 aliphatic heterocycles. The van der Waals surface area contributed by atoms with E-state index in [9.17, 15) is 13.5 Å². The van der Waals surface area contributed by atoms with Crippen molar-refractivity contribution in [1.29, 1.82) is 5.41 Å². The molecule has 3 N–H and O–H groups in total. The van der Waals surface area contributed by atoms with Crippen molar-refractivity contribution in [3.8, 4) is 11.5 Å². The third-order valence-corrected chi connectivity index (χ3v) is 5.73. The predicted octanol–water partition coefficient (Wildman–Crippen LogP) is 4.81. The van der Waals surface area contributed by atoms with Crippen LogP contribution < -0.4 is 5.32 Å². The number of aromatic nitrogens is 2. The van der Waals surface area contributed by atoms with Gasteiger partial charge in [-0.1, -0.05) is 44.7 Å². The third kappa shape index (κ3) is 5.30. The number of rotatable bonds is 8. The highest BCUT2D eigenvalue weighted by atomic mass is 32.2. The molecule has 3 rings (SSSR count). The summed E-state index contributed by atoms with van der Waals surface area (Å²) in [6.45, 7) is 7.49. The van der Waals surface area contributed by atoms with Crippen LogP contribution in [0.1, 0.15) is 31.2 Å². The van der Waals surface area contributed by atoms with Gasteiger partial charge in [0, 0.05) is 17.5 Å². The molecule has 0 saturated carbocycles. The molecule has 0 saturated heterocycles. The van der Waals surface area contributed by atoms with Crippen molar-refractivity contribution in [2.24, 2.45) is 0 Å². The standard InChI is InChI=1S/C23H24N4O4S/c1-14(2)18-10-5-6-11-20(18)25-21(13-19(24)15(3)28)23-27-26-22(31-23)16-8-7-9-17(12-16)32(4,29)30/h5-14,24-25,28H,3H2,1-2,4H3/b21-13-,24-19?. The smallest absolute Gasteiger partial charge is 0.264 e. The van der Waals surface area contributed by atoms with Gasteiger partial charge in [0.2, 0.25) is 5.89 Å². The molecule has 0 unspecified atom stereocenters. The van der Waals surface area contributed by atoms with Crippen molar-refractivity contribution < 1.29 is 17.9 Å². The van der Waals surface area contributed by atoms with E-state index in [4.69, 9.17) is 9.83 Å². The molecule has 8 nitrogen and oxygen atoms in total. The molecule has 2 aromatic carbocycles. The third-order valence-electron chi connectivity index (χ3n) is 4.62. The zero-order valence-electron chi connectivity index (χ0n) is 18.0. The molecule has 0 atom stereocenters. The Balaban J connectivity index is 2.04. The molecule has 0 amide bonds. The fourth-order valence-corrected chi connectivity index (χ4v) is 3.61. The summed E-state index contributed by atoms with van der Waals surface area (Å²) in [6, 6.07) is 13.9. The molecular weight excluding hydrogens is 428 g/mol. The highest BCUT2D eigenvalue weighted by molar-refractivity contribution is 7.90. The van der Waals surface area contributed by atoms with Crippen molar-refractivity contribution in [1.82, 2.24) is 10.2 Å². The number of anilines is 1. The quantitative estimate of drug-likeness (QED) is 0.330. The molecule has 0 radical (unpaired) electrons. The first-order valence-corrected chi connectivity index (χ1v) is 11.6. The summed E-state index contributed by atoms with van der Waals surface area (Å²) in [5.41, 5.74) is 2.32. The maximum Gasteiger partial charge on any atom is 0.264 e. The lowest BCUT2D eigenvalue weighted by Gasteiger charge is -2.15. The van der Waals surface area contributed by atoms with Crippen molar-refractivity contribution >= 4 is 26.9 Å². The Bertz CT molecular complexity index is 1310. The van der Waals surface area contributed by atoms with Gasteiger partial charge in [-0.05, 0) is 41.8 Å². The number of benzene rings is 2.